The monoisotopic (exact) mass is 477 g/mol. The van der Waals surface area contributed by atoms with E-state index >= 15 is 0 Å². The fourth-order valence-corrected chi connectivity index (χ4v) is 4.46. The second kappa shape index (κ2) is 12.2. The van der Waals surface area contributed by atoms with Gasteiger partial charge in [0, 0.05) is 57.3 Å². The van der Waals surface area contributed by atoms with Gasteiger partial charge in [0.15, 0.2) is 0 Å². The van der Waals surface area contributed by atoms with Crippen LogP contribution in [0.15, 0.2) is 24.3 Å². The van der Waals surface area contributed by atoms with Crippen molar-refractivity contribution in [2.45, 2.75) is 32.4 Å². The first-order valence-corrected chi connectivity index (χ1v) is 12.0. The van der Waals surface area contributed by atoms with Crippen LogP contribution in [0.3, 0.4) is 0 Å². The third-order valence-corrected chi connectivity index (χ3v) is 6.36. The number of amides is 3. The number of nitrogens with two attached hydrogens (primary N) is 1. The maximum atomic E-state index is 13.4. The largest absolute Gasteiger partial charge is 0.379 e. The minimum atomic E-state index is -0.736. The quantitative estimate of drug-likeness (QED) is 0.530. The van der Waals surface area contributed by atoms with Crippen molar-refractivity contribution >= 4 is 17.7 Å². The number of hydrogen-bond acceptors (Lipinski definition) is 6. The average molecular weight is 478 g/mol. The Morgan fingerprint density at radius 1 is 1.21 bits per heavy atom. The molecule has 2 fully saturated rings. The first-order chi connectivity index (χ1) is 16.3. The minimum Gasteiger partial charge on any atom is -0.379 e. The lowest BCUT2D eigenvalue weighted by atomic mass is 10.1. The second-order valence-electron chi connectivity index (χ2n) is 9.09. The molecule has 3 amide bonds. The fraction of sp³-hybridized carbons (Fsp3) is 0.625. The van der Waals surface area contributed by atoms with Crippen molar-refractivity contribution in [1.29, 1.82) is 0 Å². The lowest BCUT2D eigenvalue weighted by Crippen LogP contribution is -2.49. The van der Waals surface area contributed by atoms with Crippen LogP contribution < -0.4 is 11.1 Å². The first kappa shape index (κ1) is 26.1. The molecule has 2 saturated heterocycles. The molecule has 3 rings (SSSR count). The van der Waals surface area contributed by atoms with Crippen LogP contribution in [0.2, 0.25) is 0 Å². The molecule has 0 aromatic heterocycles. The Bertz CT molecular complexity index is 844. The summed E-state index contributed by atoms with van der Waals surface area (Å²) in [6, 6.07) is 4.24. The summed E-state index contributed by atoms with van der Waals surface area (Å²) in [7, 11) is 0. The number of carbonyl (C=O) groups excluding carboxylic acids is 3. The van der Waals surface area contributed by atoms with Gasteiger partial charge >= 0.3 is 0 Å². The van der Waals surface area contributed by atoms with Crippen LogP contribution in [0.1, 0.15) is 30.6 Å². The average Bonchev–Trinajstić information content (AvgIpc) is 3.28. The molecule has 0 spiro atoms. The van der Waals surface area contributed by atoms with E-state index in [-0.39, 0.29) is 42.8 Å². The van der Waals surface area contributed by atoms with Gasteiger partial charge in [0.05, 0.1) is 19.3 Å². The van der Waals surface area contributed by atoms with E-state index in [9.17, 15) is 18.8 Å². The van der Waals surface area contributed by atoms with E-state index in [1.54, 1.807) is 0 Å². The third-order valence-electron chi connectivity index (χ3n) is 6.36. The van der Waals surface area contributed by atoms with Gasteiger partial charge in [0.25, 0.3) is 5.91 Å². The van der Waals surface area contributed by atoms with Crippen LogP contribution in [0, 0.1) is 11.7 Å². The molecule has 0 saturated carbocycles. The van der Waals surface area contributed by atoms with E-state index in [0.29, 0.717) is 44.8 Å². The Balaban J connectivity index is 1.80. The predicted octanol–water partition coefficient (Wildman–Crippen LogP) is 0.301. The van der Waals surface area contributed by atoms with E-state index in [1.165, 1.54) is 29.2 Å². The minimum absolute atomic E-state index is 0.00421. The number of hydrogen-bond donors (Lipinski definition) is 2. The van der Waals surface area contributed by atoms with Gasteiger partial charge in [-0.3, -0.25) is 19.3 Å². The highest BCUT2D eigenvalue weighted by molar-refractivity contribution is 5.98. The predicted molar refractivity (Wildman–Crippen MR) is 126 cm³/mol. The summed E-state index contributed by atoms with van der Waals surface area (Å²) in [6.07, 6.45) is 0.338. The maximum absolute atomic E-state index is 13.4. The SMILES string of the molecule is CC(C)C(=O)N(CCN1CCOCC1)C1CC(C(=O)NCCN)N(C(=O)c2ccc(F)cc2)C1. The molecule has 3 N–H and O–H groups in total. The smallest absolute Gasteiger partial charge is 0.254 e. The van der Waals surface area contributed by atoms with E-state index in [2.05, 4.69) is 10.2 Å². The number of benzene rings is 1. The Morgan fingerprint density at radius 2 is 1.88 bits per heavy atom. The molecular weight excluding hydrogens is 441 g/mol. The zero-order chi connectivity index (χ0) is 24.7. The number of carbonyl (C=O) groups is 3. The molecule has 10 heteroatoms. The van der Waals surface area contributed by atoms with Gasteiger partial charge in [-0.05, 0) is 30.7 Å². The highest BCUT2D eigenvalue weighted by Gasteiger charge is 2.43. The number of nitrogens with zero attached hydrogens (tertiary/aromatic N) is 3. The molecule has 2 heterocycles. The summed E-state index contributed by atoms with van der Waals surface area (Å²) in [6.45, 7) is 8.70. The van der Waals surface area contributed by atoms with Crippen molar-refractivity contribution in [2.75, 3.05) is 59.0 Å². The normalized spacial score (nSPS) is 21.0. The van der Waals surface area contributed by atoms with Crippen molar-refractivity contribution in [1.82, 2.24) is 20.0 Å². The summed E-state index contributed by atoms with van der Waals surface area (Å²) in [5, 5.41) is 2.77. The van der Waals surface area contributed by atoms with Crippen LogP contribution in [-0.4, -0.2) is 104 Å². The maximum Gasteiger partial charge on any atom is 0.254 e. The molecule has 1 aromatic rings. The first-order valence-electron chi connectivity index (χ1n) is 12.0. The molecule has 0 aliphatic carbocycles. The molecule has 0 bridgehead atoms. The second-order valence-corrected chi connectivity index (χ2v) is 9.09. The zero-order valence-electron chi connectivity index (χ0n) is 20.0. The Kier molecular flexibility index (Phi) is 9.37. The lowest BCUT2D eigenvalue weighted by Gasteiger charge is -2.34. The van der Waals surface area contributed by atoms with Crippen LogP contribution in [-0.2, 0) is 14.3 Å². The number of morpholine rings is 1. The Morgan fingerprint density at radius 3 is 2.50 bits per heavy atom. The summed E-state index contributed by atoms with van der Waals surface area (Å²) < 4.78 is 18.8. The summed E-state index contributed by atoms with van der Waals surface area (Å²) >= 11 is 0. The highest BCUT2D eigenvalue weighted by Crippen LogP contribution is 2.26. The summed E-state index contributed by atoms with van der Waals surface area (Å²) in [5.74, 6) is -1.31. The zero-order valence-corrected chi connectivity index (χ0v) is 20.0. The van der Waals surface area contributed by atoms with Gasteiger partial charge in [-0.15, -0.1) is 0 Å². The lowest BCUT2D eigenvalue weighted by molar-refractivity contribution is -0.137. The van der Waals surface area contributed by atoms with Gasteiger partial charge in [-0.2, -0.15) is 0 Å². The van der Waals surface area contributed by atoms with Gasteiger partial charge < -0.3 is 25.6 Å². The molecule has 1 aromatic carbocycles. The van der Waals surface area contributed by atoms with Crippen LogP contribution in [0.4, 0.5) is 4.39 Å². The van der Waals surface area contributed by atoms with Crippen molar-refractivity contribution in [3.8, 4) is 0 Å². The number of likely N-dealkylation sites (tertiary alicyclic amines) is 1. The molecule has 2 aliphatic rings. The van der Waals surface area contributed by atoms with E-state index < -0.39 is 11.9 Å². The molecule has 2 atom stereocenters. The van der Waals surface area contributed by atoms with E-state index in [0.717, 1.165) is 13.1 Å². The highest BCUT2D eigenvalue weighted by atomic mass is 19.1. The molecule has 188 valence electrons. The molecule has 9 nitrogen and oxygen atoms in total. The van der Waals surface area contributed by atoms with Crippen LogP contribution in [0.25, 0.3) is 0 Å². The molecule has 2 aliphatic heterocycles. The topological polar surface area (TPSA) is 108 Å². The van der Waals surface area contributed by atoms with Gasteiger partial charge in [0.1, 0.15) is 11.9 Å². The summed E-state index contributed by atoms with van der Waals surface area (Å²) in [4.78, 5) is 45.0. The van der Waals surface area contributed by atoms with Crippen LogP contribution >= 0.6 is 0 Å². The number of nitrogens with one attached hydrogen (secondary N) is 1. The summed E-state index contributed by atoms with van der Waals surface area (Å²) in [5.41, 5.74) is 5.84. The molecule has 2 unspecified atom stereocenters. The third kappa shape index (κ3) is 6.52. The van der Waals surface area contributed by atoms with Gasteiger partial charge in [0.2, 0.25) is 11.8 Å². The van der Waals surface area contributed by atoms with Crippen LogP contribution in [0.5, 0.6) is 0 Å². The fourth-order valence-electron chi connectivity index (χ4n) is 4.46. The van der Waals surface area contributed by atoms with Crippen molar-refractivity contribution in [3.63, 3.8) is 0 Å². The standard InChI is InChI=1S/C24H36FN5O4/c1-17(2)23(32)29(10-9-28-11-13-34-14-12-28)20-15-21(22(31)27-8-7-26)30(16-20)24(33)18-3-5-19(25)6-4-18/h3-6,17,20-21H,7-16,26H2,1-2H3,(H,27,31). The van der Waals surface area contributed by atoms with Gasteiger partial charge in [-0.25, -0.2) is 4.39 Å². The van der Waals surface area contributed by atoms with E-state index in [4.69, 9.17) is 10.5 Å². The van der Waals surface area contributed by atoms with Crippen molar-refractivity contribution in [3.05, 3.63) is 35.6 Å². The molecular formula is C24H36FN5O4. The number of rotatable bonds is 9. The number of halogens is 1. The molecule has 0 radical (unpaired) electrons. The van der Waals surface area contributed by atoms with Gasteiger partial charge in [-0.1, -0.05) is 13.8 Å². The molecule has 34 heavy (non-hydrogen) atoms. The number of ether oxygens (including phenoxy) is 1. The van der Waals surface area contributed by atoms with E-state index in [1.807, 2.05) is 18.7 Å². The Hall–Kier alpha value is -2.56. The Labute approximate surface area is 200 Å². The van der Waals surface area contributed by atoms with Crippen molar-refractivity contribution < 1.29 is 23.5 Å². The van der Waals surface area contributed by atoms with Crippen molar-refractivity contribution in [2.24, 2.45) is 11.7 Å².